The zero-order valence-corrected chi connectivity index (χ0v) is 12.4. The summed E-state index contributed by atoms with van der Waals surface area (Å²) in [6.07, 6.45) is 1.65. The van der Waals surface area contributed by atoms with Crippen LogP contribution in [-0.4, -0.2) is 33.4 Å². The normalized spacial score (nSPS) is 12.1. The fraction of sp³-hybridized carbons (Fsp3) is 0.538. The van der Waals surface area contributed by atoms with E-state index in [0.717, 1.165) is 18.4 Å². The predicted molar refractivity (Wildman–Crippen MR) is 73.9 cm³/mol. The first kappa shape index (κ1) is 16.1. The van der Waals surface area contributed by atoms with E-state index < -0.39 is 15.8 Å². The van der Waals surface area contributed by atoms with Gasteiger partial charge in [0, 0.05) is 20.1 Å². The van der Waals surface area contributed by atoms with Crippen molar-refractivity contribution in [1.82, 2.24) is 9.62 Å². The van der Waals surface area contributed by atoms with E-state index >= 15 is 0 Å². The molecule has 1 aromatic rings. The van der Waals surface area contributed by atoms with Crippen LogP contribution in [0.1, 0.15) is 25.3 Å². The Bertz CT molecular complexity index is 517. The summed E-state index contributed by atoms with van der Waals surface area (Å²) in [6.45, 7) is 2.88. The quantitative estimate of drug-likeness (QED) is 0.834. The second-order valence-corrected chi connectivity index (χ2v) is 6.49. The number of hydrogen-bond acceptors (Lipinski definition) is 3. The van der Waals surface area contributed by atoms with Gasteiger partial charge in [0.25, 0.3) is 0 Å². The Morgan fingerprint density at radius 3 is 2.63 bits per heavy atom. The average molecular weight is 288 g/mol. The van der Waals surface area contributed by atoms with Crippen molar-refractivity contribution in [3.63, 3.8) is 0 Å². The number of hydrogen-bond donors (Lipinski definition) is 1. The van der Waals surface area contributed by atoms with Gasteiger partial charge in [-0.3, -0.25) is 0 Å². The van der Waals surface area contributed by atoms with Gasteiger partial charge in [-0.2, -0.15) is 0 Å². The number of unbranched alkanes of at least 4 members (excludes halogenated alkanes) is 1. The van der Waals surface area contributed by atoms with Crippen LogP contribution < -0.4 is 5.32 Å². The maximum atomic E-state index is 13.8. The lowest BCUT2D eigenvalue weighted by atomic mass is 10.2. The van der Waals surface area contributed by atoms with E-state index in [0.29, 0.717) is 13.1 Å². The van der Waals surface area contributed by atoms with E-state index in [1.165, 1.54) is 23.5 Å². The predicted octanol–water partition coefficient (Wildman–Crippen LogP) is 1.97. The van der Waals surface area contributed by atoms with E-state index in [-0.39, 0.29) is 4.90 Å². The van der Waals surface area contributed by atoms with E-state index in [1.807, 2.05) is 6.92 Å². The van der Waals surface area contributed by atoms with Crippen molar-refractivity contribution >= 4 is 10.0 Å². The van der Waals surface area contributed by atoms with Gasteiger partial charge in [-0.25, -0.2) is 17.1 Å². The number of nitrogens with one attached hydrogen (secondary N) is 1. The monoisotopic (exact) mass is 288 g/mol. The SMILES string of the molecule is CCCCN(C)S(=O)(=O)c1cc(CNC)ccc1F. The van der Waals surface area contributed by atoms with Gasteiger partial charge in [0.1, 0.15) is 10.7 Å². The molecule has 19 heavy (non-hydrogen) atoms. The van der Waals surface area contributed by atoms with Crippen molar-refractivity contribution in [3.8, 4) is 0 Å². The summed E-state index contributed by atoms with van der Waals surface area (Å²) in [5.41, 5.74) is 0.742. The van der Waals surface area contributed by atoms with Crippen molar-refractivity contribution < 1.29 is 12.8 Å². The molecule has 0 amide bonds. The molecule has 0 fully saturated rings. The highest BCUT2D eigenvalue weighted by atomic mass is 32.2. The smallest absolute Gasteiger partial charge is 0.245 e. The molecule has 108 valence electrons. The summed E-state index contributed by atoms with van der Waals surface area (Å²) in [5.74, 6) is -0.705. The molecule has 0 aliphatic heterocycles. The molecule has 1 rings (SSSR count). The number of benzene rings is 1. The third-order valence-corrected chi connectivity index (χ3v) is 4.76. The summed E-state index contributed by atoms with van der Waals surface area (Å²) in [4.78, 5) is -0.251. The van der Waals surface area contributed by atoms with Crippen molar-refractivity contribution in [2.45, 2.75) is 31.2 Å². The van der Waals surface area contributed by atoms with Crippen LogP contribution in [0.25, 0.3) is 0 Å². The molecule has 0 aliphatic rings. The fourth-order valence-electron chi connectivity index (χ4n) is 1.73. The Morgan fingerprint density at radius 2 is 2.05 bits per heavy atom. The highest BCUT2D eigenvalue weighted by Gasteiger charge is 2.24. The van der Waals surface area contributed by atoms with Crippen LogP contribution in [0, 0.1) is 5.82 Å². The second kappa shape index (κ2) is 6.98. The van der Waals surface area contributed by atoms with Crippen molar-refractivity contribution in [3.05, 3.63) is 29.6 Å². The van der Waals surface area contributed by atoms with Gasteiger partial charge in [0.15, 0.2) is 0 Å². The molecule has 1 aromatic carbocycles. The maximum Gasteiger partial charge on any atom is 0.245 e. The maximum absolute atomic E-state index is 13.8. The number of halogens is 1. The molecule has 1 N–H and O–H groups in total. The first-order chi connectivity index (χ1) is 8.93. The molecule has 0 bridgehead atoms. The molecule has 6 heteroatoms. The summed E-state index contributed by atoms with van der Waals surface area (Å²) in [7, 11) is -0.516. The van der Waals surface area contributed by atoms with E-state index in [4.69, 9.17) is 0 Å². The molecule has 4 nitrogen and oxygen atoms in total. The summed E-state index contributed by atoms with van der Waals surface area (Å²) in [6, 6.07) is 4.17. The largest absolute Gasteiger partial charge is 0.316 e. The van der Waals surface area contributed by atoms with Crippen LogP contribution in [-0.2, 0) is 16.6 Å². The number of nitrogens with zero attached hydrogens (tertiary/aromatic N) is 1. The standard InChI is InChI=1S/C13H21FN2O2S/c1-4-5-8-16(3)19(17,18)13-9-11(10-15-2)6-7-12(13)14/h6-7,9,15H,4-5,8,10H2,1-3H3. The van der Waals surface area contributed by atoms with Crippen LogP contribution >= 0.6 is 0 Å². The molecule has 0 saturated carbocycles. The van der Waals surface area contributed by atoms with Gasteiger partial charge in [-0.05, 0) is 31.2 Å². The van der Waals surface area contributed by atoms with Gasteiger partial charge >= 0.3 is 0 Å². The summed E-state index contributed by atoms with van der Waals surface area (Å²) < 4.78 is 39.5. The Kier molecular flexibility index (Phi) is 5.90. The van der Waals surface area contributed by atoms with E-state index in [9.17, 15) is 12.8 Å². The fourth-order valence-corrected chi connectivity index (χ4v) is 3.05. The Hall–Kier alpha value is -0.980. The van der Waals surface area contributed by atoms with Gasteiger partial charge in [-0.1, -0.05) is 19.4 Å². The average Bonchev–Trinajstić information content (AvgIpc) is 2.38. The molecular formula is C13H21FN2O2S. The molecule has 0 spiro atoms. The molecule has 0 aliphatic carbocycles. The van der Waals surface area contributed by atoms with Crippen LogP contribution in [0.2, 0.25) is 0 Å². The van der Waals surface area contributed by atoms with Crippen LogP contribution in [0.15, 0.2) is 23.1 Å². The Labute approximate surface area is 114 Å². The van der Waals surface area contributed by atoms with Crippen molar-refractivity contribution in [2.75, 3.05) is 20.6 Å². The third-order valence-electron chi connectivity index (χ3n) is 2.89. The molecular weight excluding hydrogens is 267 g/mol. The van der Waals surface area contributed by atoms with E-state index in [1.54, 1.807) is 13.1 Å². The lowest BCUT2D eigenvalue weighted by Gasteiger charge is -2.17. The first-order valence-corrected chi connectivity index (χ1v) is 7.76. The lowest BCUT2D eigenvalue weighted by Crippen LogP contribution is -2.28. The minimum atomic E-state index is -3.75. The van der Waals surface area contributed by atoms with Crippen LogP contribution in [0.3, 0.4) is 0 Å². The second-order valence-electron chi connectivity index (χ2n) is 4.48. The van der Waals surface area contributed by atoms with Gasteiger partial charge in [-0.15, -0.1) is 0 Å². The highest BCUT2D eigenvalue weighted by Crippen LogP contribution is 2.20. The van der Waals surface area contributed by atoms with Crippen molar-refractivity contribution in [2.24, 2.45) is 0 Å². The summed E-state index contributed by atoms with van der Waals surface area (Å²) in [5, 5.41) is 2.91. The zero-order chi connectivity index (χ0) is 14.5. The zero-order valence-electron chi connectivity index (χ0n) is 11.6. The highest BCUT2D eigenvalue weighted by molar-refractivity contribution is 7.89. The van der Waals surface area contributed by atoms with Crippen LogP contribution in [0.5, 0.6) is 0 Å². The minimum Gasteiger partial charge on any atom is -0.316 e. The minimum absolute atomic E-state index is 0.251. The molecule has 0 radical (unpaired) electrons. The summed E-state index contributed by atoms with van der Waals surface area (Å²) >= 11 is 0. The number of sulfonamides is 1. The topological polar surface area (TPSA) is 49.4 Å². The van der Waals surface area contributed by atoms with Gasteiger partial charge in [0.05, 0.1) is 0 Å². The van der Waals surface area contributed by atoms with Crippen LogP contribution in [0.4, 0.5) is 4.39 Å². The third kappa shape index (κ3) is 3.99. The lowest BCUT2D eigenvalue weighted by molar-refractivity contribution is 0.453. The molecule has 0 saturated heterocycles. The Balaban J connectivity index is 3.09. The molecule has 0 aromatic heterocycles. The van der Waals surface area contributed by atoms with Crippen molar-refractivity contribution in [1.29, 1.82) is 0 Å². The van der Waals surface area contributed by atoms with Gasteiger partial charge < -0.3 is 5.32 Å². The molecule has 0 unspecified atom stereocenters. The first-order valence-electron chi connectivity index (χ1n) is 6.32. The molecule has 0 atom stereocenters. The number of rotatable bonds is 7. The molecule has 0 heterocycles. The Morgan fingerprint density at radius 1 is 1.37 bits per heavy atom. The van der Waals surface area contributed by atoms with E-state index in [2.05, 4.69) is 5.32 Å². The van der Waals surface area contributed by atoms with Gasteiger partial charge in [0.2, 0.25) is 10.0 Å².